The molecule has 0 heterocycles. The van der Waals surface area contributed by atoms with Gasteiger partial charge in [0.25, 0.3) is 0 Å². The van der Waals surface area contributed by atoms with Gasteiger partial charge in [-0.05, 0) is 24.1 Å². The summed E-state index contributed by atoms with van der Waals surface area (Å²) in [4.78, 5) is 0. The molecule has 1 aromatic rings. The molecule has 3 N–H and O–H groups in total. The van der Waals surface area contributed by atoms with Crippen molar-refractivity contribution in [2.24, 2.45) is 5.73 Å². The normalized spacial score (nSPS) is 14.9. The minimum Gasteiger partial charge on any atom is -0.396 e. The van der Waals surface area contributed by atoms with E-state index in [9.17, 15) is 4.39 Å². The quantitative estimate of drug-likeness (QED) is 0.823. The van der Waals surface area contributed by atoms with Gasteiger partial charge in [0.2, 0.25) is 0 Å². The van der Waals surface area contributed by atoms with Crippen LogP contribution in [-0.4, -0.2) is 18.3 Å². The lowest BCUT2D eigenvalue weighted by atomic mass is 9.80. The molecule has 0 aliphatic rings. The molecule has 0 spiro atoms. The Morgan fingerprint density at radius 2 is 2.00 bits per heavy atom. The maximum atomic E-state index is 13.4. The zero-order valence-corrected chi connectivity index (χ0v) is 10.4. The number of nitrogens with two attached hydrogens (primary N) is 1. The van der Waals surface area contributed by atoms with Crippen LogP contribution < -0.4 is 5.73 Å². The minimum atomic E-state index is -0.544. The van der Waals surface area contributed by atoms with Crippen LogP contribution in [0.1, 0.15) is 18.9 Å². The molecule has 2 nitrogen and oxygen atoms in total. The third kappa shape index (κ3) is 2.66. The highest BCUT2D eigenvalue weighted by Gasteiger charge is 2.28. The smallest absolute Gasteiger partial charge is 0.142 e. The third-order valence-electron chi connectivity index (χ3n) is 2.77. The topological polar surface area (TPSA) is 46.2 Å². The number of aliphatic hydroxyl groups excluding tert-OH is 1. The number of aliphatic hydroxyl groups is 1. The van der Waals surface area contributed by atoms with Crippen LogP contribution in [0, 0.1) is 5.82 Å². The summed E-state index contributed by atoms with van der Waals surface area (Å²) in [6, 6.07) is 2.65. The molecule has 5 heteroatoms. The molecule has 1 unspecified atom stereocenters. The summed E-state index contributed by atoms with van der Waals surface area (Å²) in [6.07, 6.45) is 0.421. The first-order valence-electron chi connectivity index (χ1n) is 4.90. The predicted octanol–water partition coefficient (Wildman–Crippen LogP) is 2.73. The summed E-state index contributed by atoms with van der Waals surface area (Å²) in [6.45, 7) is 2.07. The molecule has 16 heavy (non-hydrogen) atoms. The van der Waals surface area contributed by atoms with Crippen LogP contribution in [-0.2, 0) is 5.41 Å². The number of hydrogen-bond acceptors (Lipinski definition) is 2. The Bertz CT molecular complexity index is 386. The van der Waals surface area contributed by atoms with E-state index in [2.05, 4.69) is 0 Å². The lowest BCUT2D eigenvalue weighted by Gasteiger charge is -2.29. The lowest BCUT2D eigenvalue weighted by Crippen LogP contribution is -2.33. The fraction of sp³-hybridized carbons (Fsp3) is 0.455. The largest absolute Gasteiger partial charge is 0.396 e. The number of halogens is 3. The van der Waals surface area contributed by atoms with Crippen LogP contribution >= 0.6 is 23.2 Å². The van der Waals surface area contributed by atoms with Crippen LogP contribution in [0.15, 0.2) is 12.1 Å². The van der Waals surface area contributed by atoms with E-state index in [1.165, 1.54) is 12.1 Å². The van der Waals surface area contributed by atoms with Crippen molar-refractivity contribution in [3.8, 4) is 0 Å². The Morgan fingerprint density at radius 1 is 1.38 bits per heavy atom. The van der Waals surface area contributed by atoms with E-state index in [1.807, 2.05) is 6.92 Å². The maximum absolute atomic E-state index is 13.4. The van der Waals surface area contributed by atoms with Crippen LogP contribution in [0.2, 0.25) is 10.0 Å². The third-order valence-corrected chi connectivity index (χ3v) is 3.38. The average molecular weight is 266 g/mol. The van der Waals surface area contributed by atoms with Gasteiger partial charge in [-0.15, -0.1) is 0 Å². The molecule has 0 fully saturated rings. The van der Waals surface area contributed by atoms with Crippen molar-refractivity contribution in [2.45, 2.75) is 18.8 Å². The zero-order chi connectivity index (χ0) is 12.3. The summed E-state index contributed by atoms with van der Waals surface area (Å²) < 4.78 is 13.4. The van der Waals surface area contributed by atoms with Crippen LogP contribution in [0.5, 0.6) is 0 Å². The highest BCUT2D eigenvalue weighted by atomic mass is 35.5. The van der Waals surface area contributed by atoms with Gasteiger partial charge in [0.05, 0.1) is 5.02 Å². The molecule has 0 bridgehead atoms. The molecule has 1 aromatic carbocycles. The molecule has 0 amide bonds. The van der Waals surface area contributed by atoms with Gasteiger partial charge >= 0.3 is 0 Å². The molecular weight excluding hydrogens is 252 g/mol. The van der Waals surface area contributed by atoms with Gasteiger partial charge in [0.15, 0.2) is 0 Å². The zero-order valence-electron chi connectivity index (χ0n) is 8.93. The molecule has 1 atom stereocenters. The Labute approximate surface area is 104 Å². The molecule has 1 rings (SSSR count). The van der Waals surface area contributed by atoms with Crippen molar-refractivity contribution in [1.29, 1.82) is 0 Å². The molecule has 0 aromatic heterocycles. The van der Waals surface area contributed by atoms with Gasteiger partial charge in [-0.1, -0.05) is 30.1 Å². The molecule has 0 aliphatic carbocycles. The van der Waals surface area contributed by atoms with E-state index in [1.54, 1.807) is 0 Å². The van der Waals surface area contributed by atoms with Gasteiger partial charge in [-0.2, -0.15) is 0 Å². The van der Waals surface area contributed by atoms with E-state index in [4.69, 9.17) is 34.0 Å². The first-order valence-corrected chi connectivity index (χ1v) is 5.66. The van der Waals surface area contributed by atoms with E-state index in [0.717, 1.165) is 0 Å². The molecule has 0 radical (unpaired) electrons. The van der Waals surface area contributed by atoms with Gasteiger partial charge in [-0.25, -0.2) is 4.39 Å². The van der Waals surface area contributed by atoms with Crippen molar-refractivity contribution in [3.63, 3.8) is 0 Å². The van der Waals surface area contributed by atoms with Crippen molar-refractivity contribution in [2.75, 3.05) is 13.2 Å². The molecule has 0 saturated heterocycles. The first-order chi connectivity index (χ1) is 7.44. The van der Waals surface area contributed by atoms with E-state index in [-0.39, 0.29) is 18.2 Å². The SMILES string of the molecule is CC(CN)(CCO)c1cc(F)c(Cl)cc1Cl. The van der Waals surface area contributed by atoms with Crippen molar-refractivity contribution < 1.29 is 9.50 Å². The van der Waals surface area contributed by atoms with Crippen molar-refractivity contribution in [1.82, 2.24) is 0 Å². The standard InChI is InChI=1S/C11H14Cl2FNO/c1-11(6-15,2-3-16)7-4-10(14)9(13)5-8(7)12/h4-5,16H,2-3,6,15H2,1H3. The Morgan fingerprint density at radius 3 is 2.50 bits per heavy atom. The van der Waals surface area contributed by atoms with E-state index < -0.39 is 11.2 Å². The second kappa shape index (κ2) is 5.32. The number of rotatable bonds is 4. The summed E-state index contributed by atoms with van der Waals surface area (Å²) in [5, 5.41) is 9.34. The molecule has 90 valence electrons. The average Bonchev–Trinajstić information content (AvgIpc) is 2.23. The van der Waals surface area contributed by atoms with E-state index >= 15 is 0 Å². The summed E-state index contributed by atoms with van der Waals surface area (Å²) in [5.74, 6) is -0.529. The molecular formula is C11H14Cl2FNO. The van der Waals surface area contributed by atoms with E-state index in [0.29, 0.717) is 17.0 Å². The highest BCUT2D eigenvalue weighted by molar-refractivity contribution is 6.35. The fourth-order valence-electron chi connectivity index (χ4n) is 1.58. The van der Waals surface area contributed by atoms with Crippen molar-refractivity contribution >= 4 is 23.2 Å². The van der Waals surface area contributed by atoms with Crippen LogP contribution in [0.25, 0.3) is 0 Å². The Hall–Kier alpha value is -0.350. The minimum absolute atomic E-state index is 0.0166. The fourth-order valence-corrected chi connectivity index (χ4v) is 2.19. The van der Waals surface area contributed by atoms with Crippen LogP contribution in [0.3, 0.4) is 0 Å². The van der Waals surface area contributed by atoms with Crippen LogP contribution in [0.4, 0.5) is 4.39 Å². The second-order valence-corrected chi connectivity index (χ2v) is 4.80. The summed E-state index contributed by atoms with van der Waals surface area (Å²) in [5.41, 5.74) is 5.69. The second-order valence-electron chi connectivity index (χ2n) is 3.98. The van der Waals surface area contributed by atoms with Gasteiger partial charge < -0.3 is 10.8 Å². The maximum Gasteiger partial charge on any atom is 0.142 e. The highest BCUT2D eigenvalue weighted by Crippen LogP contribution is 2.35. The summed E-state index contributed by atoms with van der Waals surface area (Å²) in [7, 11) is 0. The summed E-state index contributed by atoms with van der Waals surface area (Å²) >= 11 is 11.6. The monoisotopic (exact) mass is 265 g/mol. The van der Waals surface area contributed by atoms with Gasteiger partial charge in [-0.3, -0.25) is 0 Å². The van der Waals surface area contributed by atoms with Gasteiger partial charge in [0, 0.05) is 23.6 Å². The number of benzene rings is 1. The Kier molecular flexibility index (Phi) is 4.56. The Balaban J connectivity index is 3.25. The number of hydrogen-bond donors (Lipinski definition) is 2. The lowest BCUT2D eigenvalue weighted by molar-refractivity contribution is 0.247. The molecule has 0 saturated carbocycles. The van der Waals surface area contributed by atoms with Crippen molar-refractivity contribution in [3.05, 3.63) is 33.6 Å². The molecule has 0 aliphatic heterocycles. The predicted molar refractivity (Wildman–Crippen MR) is 64.5 cm³/mol. The first kappa shape index (κ1) is 13.7. The van der Waals surface area contributed by atoms with Gasteiger partial charge in [0.1, 0.15) is 5.82 Å².